The molecule has 4 heteroatoms. The van der Waals surface area contributed by atoms with E-state index < -0.39 is 17.7 Å². The van der Waals surface area contributed by atoms with Crippen LogP contribution in [0.2, 0.25) is 0 Å². The van der Waals surface area contributed by atoms with Crippen molar-refractivity contribution in [2.24, 2.45) is 5.73 Å². The van der Waals surface area contributed by atoms with Crippen LogP contribution >= 0.6 is 0 Å². The summed E-state index contributed by atoms with van der Waals surface area (Å²) in [4.78, 5) is 0. The summed E-state index contributed by atoms with van der Waals surface area (Å²) in [6, 6.07) is 7.56. The van der Waals surface area contributed by atoms with Gasteiger partial charge in [0.05, 0.1) is 0 Å². The number of hydrogen-bond acceptors (Lipinski definition) is 1. The van der Waals surface area contributed by atoms with Gasteiger partial charge in [-0.05, 0) is 42.7 Å². The maximum Gasteiger partial charge on any atom is 0.129 e. The molecule has 0 radical (unpaired) electrons. The molecule has 0 heterocycles. The molecule has 1 unspecified atom stereocenters. The van der Waals surface area contributed by atoms with Crippen molar-refractivity contribution < 1.29 is 13.2 Å². The van der Waals surface area contributed by atoms with E-state index in [9.17, 15) is 13.2 Å². The van der Waals surface area contributed by atoms with Gasteiger partial charge in [0.15, 0.2) is 0 Å². The molecule has 0 spiro atoms. The van der Waals surface area contributed by atoms with Crippen molar-refractivity contribution in [3.05, 3.63) is 70.5 Å². The molecule has 100 valence electrons. The van der Waals surface area contributed by atoms with Gasteiger partial charge in [0, 0.05) is 11.6 Å². The zero-order chi connectivity index (χ0) is 14.0. The number of hydrogen-bond donors (Lipinski definition) is 1. The van der Waals surface area contributed by atoms with E-state index in [0.717, 1.165) is 0 Å². The first kappa shape index (κ1) is 13.6. The van der Waals surface area contributed by atoms with Crippen molar-refractivity contribution in [3.63, 3.8) is 0 Å². The number of aryl methyl sites for hydroxylation is 1. The van der Waals surface area contributed by atoms with Gasteiger partial charge in [-0.1, -0.05) is 18.2 Å². The Hall–Kier alpha value is -1.81. The Morgan fingerprint density at radius 2 is 1.63 bits per heavy atom. The van der Waals surface area contributed by atoms with Crippen molar-refractivity contribution in [2.45, 2.75) is 19.4 Å². The van der Waals surface area contributed by atoms with E-state index in [2.05, 4.69) is 0 Å². The fourth-order valence-electron chi connectivity index (χ4n) is 1.96. The minimum Gasteiger partial charge on any atom is -0.324 e. The summed E-state index contributed by atoms with van der Waals surface area (Å²) in [5, 5.41) is 0. The standard InChI is InChI=1S/C15H14F3N/c1-9-7-10(5-6-12(9)16)15(19)8-11-13(17)3-2-4-14(11)18/h2-7,15H,8,19H2,1H3. The average Bonchev–Trinajstić information content (AvgIpc) is 2.37. The first-order chi connectivity index (χ1) is 8.99. The van der Waals surface area contributed by atoms with Crippen LogP contribution < -0.4 is 5.73 Å². The van der Waals surface area contributed by atoms with Gasteiger partial charge in [0.25, 0.3) is 0 Å². The first-order valence-electron chi connectivity index (χ1n) is 5.93. The van der Waals surface area contributed by atoms with Crippen molar-refractivity contribution in [3.8, 4) is 0 Å². The van der Waals surface area contributed by atoms with Crippen LogP contribution in [0.3, 0.4) is 0 Å². The SMILES string of the molecule is Cc1cc(C(N)Cc2c(F)cccc2F)ccc1F. The van der Waals surface area contributed by atoms with Crippen molar-refractivity contribution >= 4 is 0 Å². The Labute approximate surface area is 109 Å². The van der Waals surface area contributed by atoms with E-state index in [4.69, 9.17) is 5.73 Å². The third-order valence-electron chi connectivity index (χ3n) is 3.10. The second kappa shape index (κ2) is 5.45. The Balaban J connectivity index is 2.25. The van der Waals surface area contributed by atoms with E-state index in [0.29, 0.717) is 11.1 Å². The lowest BCUT2D eigenvalue weighted by Crippen LogP contribution is -2.15. The molecule has 0 aromatic heterocycles. The molecule has 0 bridgehead atoms. The summed E-state index contributed by atoms with van der Waals surface area (Å²) >= 11 is 0. The minimum atomic E-state index is -0.616. The van der Waals surface area contributed by atoms with E-state index in [1.165, 1.54) is 30.3 Å². The molecule has 1 atom stereocenters. The zero-order valence-electron chi connectivity index (χ0n) is 10.5. The monoisotopic (exact) mass is 265 g/mol. The highest BCUT2D eigenvalue weighted by atomic mass is 19.1. The van der Waals surface area contributed by atoms with Crippen molar-refractivity contribution in [1.82, 2.24) is 0 Å². The maximum absolute atomic E-state index is 13.5. The smallest absolute Gasteiger partial charge is 0.129 e. The fraction of sp³-hybridized carbons (Fsp3) is 0.200. The van der Waals surface area contributed by atoms with Gasteiger partial charge in [-0.3, -0.25) is 0 Å². The fourth-order valence-corrected chi connectivity index (χ4v) is 1.96. The second-order valence-corrected chi connectivity index (χ2v) is 4.52. The van der Waals surface area contributed by atoms with Gasteiger partial charge < -0.3 is 5.73 Å². The number of benzene rings is 2. The maximum atomic E-state index is 13.5. The zero-order valence-corrected chi connectivity index (χ0v) is 10.5. The molecule has 1 nitrogen and oxygen atoms in total. The minimum absolute atomic E-state index is 0.0313. The largest absolute Gasteiger partial charge is 0.324 e. The highest BCUT2D eigenvalue weighted by molar-refractivity contribution is 5.29. The second-order valence-electron chi connectivity index (χ2n) is 4.52. The highest BCUT2D eigenvalue weighted by Crippen LogP contribution is 2.22. The summed E-state index contributed by atoms with van der Waals surface area (Å²) in [7, 11) is 0. The first-order valence-corrected chi connectivity index (χ1v) is 5.93. The van der Waals surface area contributed by atoms with Crippen LogP contribution in [0.1, 0.15) is 22.7 Å². The molecule has 2 aromatic rings. The highest BCUT2D eigenvalue weighted by Gasteiger charge is 2.15. The van der Waals surface area contributed by atoms with Crippen LogP contribution in [-0.2, 0) is 6.42 Å². The Kier molecular flexibility index (Phi) is 3.90. The van der Waals surface area contributed by atoms with Crippen LogP contribution in [-0.4, -0.2) is 0 Å². The third-order valence-corrected chi connectivity index (χ3v) is 3.10. The third kappa shape index (κ3) is 2.96. The van der Waals surface area contributed by atoms with Crippen LogP contribution in [0, 0.1) is 24.4 Å². The lowest BCUT2D eigenvalue weighted by molar-refractivity contribution is 0.539. The van der Waals surface area contributed by atoms with Gasteiger partial charge in [0.1, 0.15) is 17.5 Å². The molecule has 0 saturated heterocycles. The molecule has 2 aromatic carbocycles. The molecule has 0 saturated carbocycles. The summed E-state index contributed by atoms with van der Waals surface area (Å²) < 4.78 is 40.2. The normalized spacial score (nSPS) is 12.5. The number of nitrogens with two attached hydrogens (primary N) is 1. The molecule has 0 fully saturated rings. The van der Waals surface area contributed by atoms with Gasteiger partial charge in [0.2, 0.25) is 0 Å². The quantitative estimate of drug-likeness (QED) is 0.900. The summed E-state index contributed by atoms with van der Waals surface area (Å²) in [5.74, 6) is -1.56. The van der Waals surface area contributed by atoms with E-state index in [-0.39, 0.29) is 17.8 Å². The van der Waals surface area contributed by atoms with Gasteiger partial charge in [-0.25, -0.2) is 13.2 Å². The van der Waals surface area contributed by atoms with E-state index in [1.807, 2.05) is 0 Å². The van der Waals surface area contributed by atoms with Crippen LogP contribution in [0.15, 0.2) is 36.4 Å². The van der Waals surface area contributed by atoms with Gasteiger partial charge in [-0.2, -0.15) is 0 Å². The van der Waals surface area contributed by atoms with Crippen LogP contribution in [0.4, 0.5) is 13.2 Å². The molecule has 19 heavy (non-hydrogen) atoms. The Morgan fingerprint density at radius 3 is 2.21 bits per heavy atom. The Bertz CT molecular complexity index is 576. The molecular weight excluding hydrogens is 251 g/mol. The molecule has 0 amide bonds. The van der Waals surface area contributed by atoms with Crippen molar-refractivity contribution in [2.75, 3.05) is 0 Å². The summed E-state index contributed by atoms with van der Waals surface area (Å²) in [6.07, 6.45) is 0.0313. The van der Waals surface area contributed by atoms with E-state index in [1.54, 1.807) is 13.0 Å². The van der Waals surface area contributed by atoms with Crippen LogP contribution in [0.25, 0.3) is 0 Å². The Morgan fingerprint density at radius 1 is 1.00 bits per heavy atom. The topological polar surface area (TPSA) is 26.0 Å². The molecule has 0 aliphatic heterocycles. The predicted octanol–water partition coefficient (Wildman–Crippen LogP) is 3.65. The summed E-state index contributed by atoms with van der Waals surface area (Å²) in [6.45, 7) is 1.62. The van der Waals surface area contributed by atoms with Gasteiger partial charge >= 0.3 is 0 Å². The molecule has 2 rings (SSSR count). The van der Waals surface area contributed by atoms with E-state index >= 15 is 0 Å². The molecule has 0 aliphatic carbocycles. The average molecular weight is 265 g/mol. The molecule has 0 aliphatic rings. The van der Waals surface area contributed by atoms with Crippen molar-refractivity contribution in [1.29, 1.82) is 0 Å². The van der Waals surface area contributed by atoms with Crippen LogP contribution in [0.5, 0.6) is 0 Å². The predicted molar refractivity (Wildman–Crippen MR) is 68.1 cm³/mol. The number of halogens is 3. The van der Waals surface area contributed by atoms with Gasteiger partial charge in [-0.15, -0.1) is 0 Å². The lowest BCUT2D eigenvalue weighted by atomic mass is 9.97. The summed E-state index contributed by atoms with van der Waals surface area (Å²) in [5.41, 5.74) is 7.00. The molecular formula is C15H14F3N. The lowest BCUT2D eigenvalue weighted by Gasteiger charge is -2.14. The number of rotatable bonds is 3. The molecule has 2 N–H and O–H groups in total.